The molecule has 5 nitrogen and oxygen atoms in total. The predicted octanol–water partition coefficient (Wildman–Crippen LogP) is 1.87. The van der Waals surface area contributed by atoms with E-state index in [9.17, 15) is 4.79 Å². The van der Waals surface area contributed by atoms with Gasteiger partial charge >= 0.3 is 0 Å². The van der Waals surface area contributed by atoms with E-state index < -0.39 is 0 Å². The van der Waals surface area contributed by atoms with Crippen molar-refractivity contribution in [2.45, 2.75) is 32.2 Å². The maximum Gasteiger partial charge on any atom is 0.225 e. The summed E-state index contributed by atoms with van der Waals surface area (Å²) < 4.78 is 5.49. The van der Waals surface area contributed by atoms with Crippen LogP contribution in [0, 0.1) is 0 Å². The van der Waals surface area contributed by atoms with Gasteiger partial charge in [0.05, 0.1) is 18.9 Å². The summed E-state index contributed by atoms with van der Waals surface area (Å²) in [7, 11) is 0. The molecule has 0 radical (unpaired) electrons. The molecule has 1 amide bonds. The number of carbonyl (C=O) groups is 1. The van der Waals surface area contributed by atoms with E-state index in [0.717, 1.165) is 0 Å². The topological polar surface area (TPSA) is 61.8 Å². The van der Waals surface area contributed by atoms with Gasteiger partial charge in [0, 0.05) is 25.6 Å². The molecule has 2 N–H and O–H groups in total. The Morgan fingerprint density at radius 1 is 1.38 bits per heavy atom. The first-order valence-corrected chi connectivity index (χ1v) is 7.61. The molecule has 1 aromatic rings. The van der Waals surface area contributed by atoms with Gasteiger partial charge in [-0.2, -0.15) is 0 Å². The van der Waals surface area contributed by atoms with Crippen LogP contribution in [0.5, 0.6) is 5.75 Å². The van der Waals surface area contributed by atoms with Gasteiger partial charge in [0.25, 0.3) is 0 Å². The number of hydrogen-bond donors (Lipinski definition) is 2. The van der Waals surface area contributed by atoms with Gasteiger partial charge in [-0.3, -0.25) is 9.69 Å². The summed E-state index contributed by atoms with van der Waals surface area (Å²) in [5.74, 6) is 0.675. The molecule has 0 atom stereocenters. The van der Waals surface area contributed by atoms with Gasteiger partial charge < -0.3 is 15.2 Å². The lowest BCUT2D eigenvalue weighted by atomic mass is 10.2. The highest BCUT2D eigenvalue weighted by atomic mass is 16.5. The third-order valence-electron chi connectivity index (χ3n) is 3.54. The SMILES string of the molecule is CCOc1ccccc1NC(=O)CCN(CCO)C1CC1. The van der Waals surface area contributed by atoms with Crippen LogP contribution in [0.2, 0.25) is 0 Å². The smallest absolute Gasteiger partial charge is 0.225 e. The minimum Gasteiger partial charge on any atom is -0.492 e. The standard InChI is InChI=1S/C16H24N2O3/c1-2-21-15-6-4-3-5-14(15)17-16(20)9-10-18(11-12-19)13-7-8-13/h3-6,13,19H,2,7-12H2,1H3,(H,17,20). The van der Waals surface area contributed by atoms with Crippen molar-refractivity contribution in [3.63, 3.8) is 0 Å². The number of nitrogens with one attached hydrogen (secondary N) is 1. The zero-order valence-corrected chi connectivity index (χ0v) is 12.5. The van der Waals surface area contributed by atoms with Gasteiger partial charge in [0.1, 0.15) is 5.75 Å². The molecule has 0 heterocycles. The predicted molar refractivity (Wildman–Crippen MR) is 82.5 cm³/mol. The third-order valence-corrected chi connectivity index (χ3v) is 3.54. The number of amides is 1. The van der Waals surface area contributed by atoms with Gasteiger partial charge in [-0.15, -0.1) is 0 Å². The van der Waals surface area contributed by atoms with Crippen LogP contribution in [0.3, 0.4) is 0 Å². The minimum atomic E-state index is -0.0225. The van der Waals surface area contributed by atoms with Crippen LogP contribution < -0.4 is 10.1 Å². The molecule has 0 aliphatic heterocycles. The number of hydrogen-bond acceptors (Lipinski definition) is 4. The number of aliphatic hydroxyl groups excluding tert-OH is 1. The van der Waals surface area contributed by atoms with Crippen molar-refractivity contribution >= 4 is 11.6 Å². The van der Waals surface area contributed by atoms with Crippen LogP contribution in [-0.2, 0) is 4.79 Å². The minimum absolute atomic E-state index is 0.0225. The van der Waals surface area contributed by atoms with Crippen LogP contribution in [0.25, 0.3) is 0 Å². The van der Waals surface area contributed by atoms with Crippen molar-refractivity contribution in [2.24, 2.45) is 0 Å². The summed E-state index contributed by atoms with van der Waals surface area (Å²) >= 11 is 0. The molecule has 5 heteroatoms. The molecule has 21 heavy (non-hydrogen) atoms. The Labute approximate surface area is 125 Å². The lowest BCUT2D eigenvalue weighted by Gasteiger charge is -2.20. The second kappa shape index (κ2) is 8.00. The van der Waals surface area contributed by atoms with Gasteiger partial charge in [-0.25, -0.2) is 0 Å². The number of carbonyl (C=O) groups excluding carboxylic acids is 1. The van der Waals surface area contributed by atoms with E-state index in [-0.39, 0.29) is 12.5 Å². The molecule has 1 saturated carbocycles. The summed E-state index contributed by atoms with van der Waals surface area (Å²) in [4.78, 5) is 14.3. The third kappa shape index (κ3) is 5.02. The van der Waals surface area contributed by atoms with E-state index in [4.69, 9.17) is 9.84 Å². The summed E-state index contributed by atoms with van der Waals surface area (Å²) in [6, 6.07) is 8.01. The highest BCUT2D eigenvalue weighted by molar-refractivity contribution is 5.92. The van der Waals surface area contributed by atoms with Gasteiger partial charge in [0.2, 0.25) is 5.91 Å². The Hall–Kier alpha value is -1.59. The average Bonchev–Trinajstić information content (AvgIpc) is 3.30. The molecule has 116 valence electrons. The van der Waals surface area contributed by atoms with Crippen LogP contribution >= 0.6 is 0 Å². The zero-order valence-electron chi connectivity index (χ0n) is 12.5. The number of nitrogens with zero attached hydrogens (tertiary/aromatic N) is 1. The number of anilines is 1. The Kier molecular flexibility index (Phi) is 6.02. The average molecular weight is 292 g/mol. The normalized spacial score (nSPS) is 14.2. The Bertz CT molecular complexity index is 461. The summed E-state index contributed by atoms with van der Waals surface area (Å²) in [5.41, 5.74) is 0.712. The van der Waals surface area contributed by atoms with Crippen molar-refractivity contribution in [1.82, 2.24) is 4.90 Å². The van der Waals surface area contributed by atoms with Crippen LogP contribution in [0.4, 0.5) is 5.69 Å². The Balaban J connectivity index is 1.83. The second-order valence-electron chi connectivity index (χ2n) is 5.22. The quantitative estimate of drug-likeness (QED) is 0.729. The summed E-state index contributed by atoms with van der Waals surface area (Å²) in [6.45, 7) is 3.96. The number of para-hydroxylation sites is 2. The maximum atomic E-state index is 12.1. The highest BCUT2D eigenvalue weighted by Crippen LogP contribution is 2.27. The summed E-state index contributed by atoms with van der Waals surface area (Å²) in [5, 5.41) is 11.9. The van der Waals surface area contributed by atoms with E-state index in [1.54, 1.807) is 0 Å². The van der Waals surface area contributed by atoms with Crippen LogP contribution in [-0.4, -0.2) is 48.3 Å². The van der Waals surface area contributed by atoms with Crippen LogP contribution in [0.1, 0.15) is 26.2 Å². The zero-order chi connectivity index (χ0) is 15.1. The number of rotatable bonds is 9. The number of benzene rings is 1. The van der Waals surface area contributed by atoms with Gasteiger partial charge in [-0.05, 0) is 31.9 Å². The van der Waals surface area contributed by atoms with E-state index >= 15 is 0 Å². The van der Waals surface area contributed by atoms with Gasteiger partial charge in [-0.1, -0.05) is 12.1 Å². The second-order valence-corrected chi connectivity index (χ2v) is 5.22. The number of ether oxygens (including phenoxy) is 1. The lowest BCUT2D eigenvalue weighted by molar-refractivity contribution is -0.116. The van der Waals surface area contributed by atoms with E-state index in [2.05, 4.69) is 10.2 Å². The molecule has 2 rings (SSSR count). The molecule has 0 aromatic heterocycles. The molecule has 1 aromatic carbocycles. The first-order chi connectivity index (χ1) is 10.2. The van der Waals surface area contributed by atoms with Crippen molar-refractivity contribution in [3.8, 4) is 5.75 Å². The number of aliphatic hydroxyl groups is 1. The molecule has 0 saturated heterocycles. The molecule has 1 aliphatic rings. The summed E-state index contributed by atoms with van der Waals surface area (Å²) in [6.07, 6.45) is 2.78. The molecule has 0 unspecified atom stereocenters. The lowest BCUT2D eigenvalue weighted by Crippen LogP contribution is -2.32. The molecule has 1 aliphatic carbocycles. The molecular formula is C16H24N2O3. The van der Waals surface area contributed by atoms with Crippen molar-refractivity contribution in [2.75, 3.05) is 31.6 Å². The van der Waals surface area contributed by atoms with E-state index in [0.29, 0.717) is 43.6 Å². The first kappa shape index (κ1) is 15.8. The fraction of sp³-hybridized carbons (Fsp3) is 0.562. The van der Waals surface area contributed by atoms with Crippen molar-refractivity contribution in [3.05, 3.63) is 24.3 Å². The Morgan fingerprint density at radius 3 is 2.81 bits per heavy atom. The monoisotopic (exact) mass is 292 g/mol. The Morgan fingerprint density at radius 2 is 2.14 bits per heavy atom. The molecule has 0 bridgehead atoms. The van der Waals surface area contributed by atoms with E-state index in [1.165, 1.54) is 12.8 Å². The molecule has 0 spiro atoms. The van der Waals surface area contributed by atoms with E-state index in [1.807, 2.05) is 31.2 Å². The van der Waals surface area contributed by atoms with Crippen molar-refractivity contribution < 1.29 is 14.6 Å². The fourth-order valence-electron chi connectivity index (χ4n) is 2.35. The van der Waals surface area contributed by atoms with Crippen LogP contribution in [0.15, 0.2) is 24.3 Å². The molecule has 1 fully saturated rings. The maximum absolute atomic E-state index is 12.1. The largest absolute Gasteiger partial charge is 0.492 e. The van der Waals surface area contributed by atoms with Crippen molar-refractivity contribution in [1.29, 1.82) is 0 Å². The first-order valence-electron chi connectivity index (χ1n) is 7.61. The van der Waals surface area contributed by atoms with Gasteiger partial charge in [0.15, 0.2) is 0 Å². The highest BCUT2D eigenvalue weighted by Gasteiger charge is 2.28. The fourth-order valence-corrected chi connectivity index (χ4v) is 2.35. The molecular weight excluding hydrogens is 268 g/mol.